The fourth-order valence-corrected chi connectivity index (χ4v) is 4.02. The van der Waals surface area contributed by atoms with Gasteiger partial charge in [-0.3, -0.25) is 4.79 Å². The van der Waals surface area contributed by atoms with Gasteiger partial charge < -0.3 is 9.73 Å². The van der Waals surface area contributed by atoms with Crippen LogP contribution in [0.4, 0.5) is 5.69 Å². The third kappa shape index (κ3) is 4.29. The first kappa shape index (κ1) is 19.1. The molecule has 27 heavy (non-hydrogen) atoms. The van der Waals surface area contributed by atoms with E-state index < -0.39 is 0 Å². The average Bonchev–Trinajstić information content (AvgIpc) is 3.07. The lowest BCUT2D eigenvalue weighted by molar-refractivity contribution is 0.102. The predicted molar refractivity (Wildman–Crippen MR) is 132 cm³/mol. The van der Waals surface area contributed by atoms with Gasteiger partial charge in [0.2, 0.25) is 5.89 Å². The third-order valence-electron chi connectivity index (χ3n) is 3.91. The summed E-state index contributed by atoms with van der Waals surface area (Å²) in [5.74, 6) is 0.427. The maximum absolute atomic E-state index is 12.6. The molecule has 134 valence electrons. The van der Waals surface area contributed by atoms with Crippen molar-refractivity contribution in [2.24, 2.45) is 0 Å². The summed E-state index contributed by atoms with van der Waals surface area (Å²) in [6.07, 6.45) is 0. The smallest absolute Gasteiger partial charge is 0.256 e. The van der Waals surface area contributed by atoms with Gasteiger partial charge in [0.1, 0.15) is 5.52 Å². The molecule has 0 saturated carbocycles. The molecule has 0 unspecified atom stereocenters. The zero-order chi connectivity index (χ0) is 19.0. The highest BCUT2D eigenvalue weighted by Crippen LogP contribution is 2.27. The highest BCUT2D eigenvalue weighted by molar-refractivity contribution is 14.1. The van der Waals surface area contributed by atoms with Crippen molar-refractivity contribution in [2.45, 2.75) is 0 Å². The van der Waals surface area contributed by atoms with Crippen LogP contribution in [0.2, 0.25) is 0 Å². The van der Waals surface area contributed by atoms with Crippen LogP contribution >= 0.6 is 67.8 Å². The second-order valence-electron chi connectivity index (χ2n) is 5.79. The SMILES string of the molecule is O=C(Nc1ccc2oc(-c3ccc(I)cc3)nc2c1)c1cc(I)ccc1I. The van der Waals surface area contributed by atoms with E-state index in [1.54, 1.807) is 0 Å². The zero-order valence-electron chi connectivity index (χ0n) is 13.7. The van der Waals surface area contributed by atoms with Crippen LogP contribution in [0.5, 0.6) is 0 Å². The number of rotatable bonds is 3. The minimum absolute atomic E-state index is 0.140. The van der Waals surface area contributed by atoms with Crippen molar-refractivity contribution < 1.29 is 9.21 Å². The Morgan fingerprint density at radius 3 is 2.41 bits per heavy atom. The van der Waals surface area contributed by atoms with Gasteiger partial charge in [0.25, 0.3) is 5.91 Å². The number of oxazole rings is 1. The van der Waals surface area contributed by atoms with Gasteiger partial charge in [-0.2, -0.15) is 0 Å². The lowest BCUT2D eigenvalue weighted by Gasteiger charge is -2.07. The van der Waals surface area contributed by atoms with E-state index in [4.69, 9.17) is 4.42 Å². The highest BCUT2D eigenvalue weighted by Gasteiger charge is 2.13. The van der Waals surface area contributed by atoms with Crippen molar-refractivity contribution in [1.29, 1.82) is 0 Å². The zero-order valence-corrected chi connectivity index (χ0v) is 20.1. The van der Waals surface area contributed by atoms with E-state index in [0.29, 0.717) is 28.2 Å². The Labute approximate surface area is 196 Å². The number of carbonyl (C=O) groups excluding carboxylic acids is 1. The van der Waals surface area contributed by atoms with Crippen molar-refractivity contribution in [3.8, 4) is 11.5 Å². The molecule has 1 N–H and O–H groups in total. The minimum atomic E-state index is -0.140. The molecular weight excluding hydrogens is 681 g/mol. The van der Waals surface area contributed by atoms with E-state index in [2.05, 4.69) is 78.1 Å². The van der Waals surface area contributed by atoms with Crippen LogP contribution in [0, 0.1) is 10.7 Å². The summed E-state index contributed by atoms with van der Waals surface area (Å²) in [6.45, 7) is 0. The van der Waals surface area contributed by atoms with E-state index >= 15 is 0 Å². The number of anilines is 1. The second-order valence-corrected chi connectivity index (χ2v) is 9.44. The van der Waals surface area contributed by atoms with Gasteiger partial charge in [-0.15, -0.1) is 0 Å². The molecule has 1 aromatic heterocycles. The molecule has 4 nitrogen and oxygen atoms in total. The Kier molecular flexibility index (Phi) is 5.69. The van der Waals surface area contributed by atoms with Crippen molar-refractivity contribution in [3.63, 3.8) is 0 Å². The van der Waals surface area contributed by atoms with Crippen LogP contribution in [-0.4, -0.2) is 10.9 Å². The number of halogens is 3. The number of nitrogens with zero attached hydrogens (tertiary/aromatic N) is 1. The lowest BCUT2D eigenvalue weighted by atomic mass is 10.2. The Morgan fingerprint density at radius 2 is 1.63 bits per heavy atom. The average molecular weight is 692 g/mol. The number of amides is 1. The molecule has 0 radical (unpaired) electrons. The Morgan fingerprint density at radius 1 is 0.889 bits per heavy atom. The Bertz CT molecular complexity index is 1150. The number of hydrogen-bond acceptors (Lipinski definition) is 3. The Balaban J connectivity index is 1.62. The van der Waals surface area contributed by atoms with Gasteiger partial charge in [-0.05, 0) is 128 Å². The monoisotopic (exact) mass is 692 g/mol. The topological polar surface area (TPSA) is 55.1 Å². The summed E-state index contributed by atoms with van der Waals surface area (Å²) in [5.41, 5.74) is 3.65. The molecule has 0 spiro atoms. The van der Waals surface area contributed by atoms with E-state index in [9.17, 15) is 4.79 Å². The van der Waals surface area contributed by atoms with Gasteiger partial charge in [0, 0.05) is 22.0 Å². The molecular formula is C20H11I3N2O2. The van der Waals surface area contributed by atoms with E-state index in [1.165, 1.54) is 0 Å². The standard InChI is InChI=1S/C20H11I3N2O2/c21-12-3-1-11(2-4-12)20-25-17-10-14(6-8-18(17)27-20)24-19(26)15-9-13(22)5-7-16(15)23/h1-10H,(H,24,26). The van der Waals surface area contributed by atoms with Crippen LogP contribution < -0.4 is 5.32 Å². The number of hydrogen-bond donors (Lipinski definition) is 1. The molecule has 3 aromatic carbocycles. The first-order valence-electron chi connectivity index (χ1n) is 7.92. The molecule has 0 aliphatic rings. The van der Waals surface area contributed by atoms with Crippen molar-refractivity contribution in [3.05, 3.63) is 76.9 Å². The summed E-state index contributed by atoms with van der Waals surface area (Å²) >= 11 is 6.63. The summed E-state index contributed by atoms with van der Waals surface area (Å²) in [7, 11) is 0. The summed E-state index contributed by atoms with van der Waals surface area (Å²) in [5, 5.41) is 2.95. The quantitative estimate of drug-likeness (QED) is 0.248. The van der Waals surface area contributed by atoms with Gasteiger partial charge in [0.05, 0.1) is 5.56 Å². The number of nitrogens with one attached hydrogen (secondary N) is 1. The Hall–Kier alpha value is -1.21. The molecule has 0 aliphatic heterocycles. The first-order valence-corrected chi connectivity index (χ1v) is 11.2. The lowest BCUT2D eigenvalue weighted by Crippen LogP contribution is -2.13. The van der Waals surface area contributed by atoms with Crippen molar-refractivity contribution in [1.82, 2.24) is 4.98 Å². The maximum atomic E-state index is 12.6. The minimum Gasteiger partial charge on any atom is -0.436 e. The fourth-order valence-electron chi connectivity index (χ4n) is 2.59. The molecule has 7 heteroatoms. The number of carbonyl (C=O) groups is 1. The summed E-state index contributed by atoms with van der Waals surface area (Å²) in [4.78, 5) is 17.2. The molecule has 0 atom stereocenters. The van der Waals surface area contributed by atoms with Gasteiger partial charge in [-0.1, -0.05) is 0 Å². The van der Waals surface area contributed by atoms with E-state index in [0.717, 1.165) is 16.3 Å². The predicted octanol–water partition coefficient (Wildman–Crippen LogP) is 6.56. The molecule has 0 fully saturated rings. The second kappa shape index (κ2) is 8.03. The maximum Gasteiger partial charge on any atom is 0.256 e. The molecule has 4 aromatic rings. The van der Waals surface area contributed by atoms with Gasteiger partial charge in [0.15, 0.2) is 5.58 Å². The van der Waals surface area contributed by atoms with Crippen LogP contribution in [0.15, 0.2) is 65.1 Å². The normalized spacial score (nSPS) is 10.9. The molecule has 0 aliphatic carbocycles. The molecule has 1 amide bonds. The van der Waals surface area contributed by atoms with Crippen LogP contribution in [0.3, 0.4) is 0 Å². The molecule has 1 heterocycles. The molecule has 4 rings (SSSR count). The van der Waals surface area contributed by atoms with Crippen LogP contribution in [0.1, 0.15) is 10.4 Å². The number of benzene rings is 3. The highest BCUT2D eigenvalue weighted by atomic mass is 127. The van der Waals surface area contributed by atoms with Gasteiger partial charge in [-0.25, -0.2) is 4.98 Å². The molecule has 0 saturated heterocycles. The summed E-state index contributed by atoms with van der Waals surface area (Å²) in [6, 6.07) is 19.3. The summed E-state index contributed by atoms with van der Waals surface area (Å²) < 4.78 is 8.93. The largest absolute Gasteiger partial charge is 0.436 e. The third-order valence-corrected chi connectivity index (χ3v) is 6.24. The number of aromatic nitrogens is 1. The van der Waals surface area contributed by atoms with Crippen LogP contribution in [0.25, 0.3) is 22.6 Å². The van der Waals surface area contributed by atoms with Crippen molar-refractivity contribution >= 4 is 90.5 Å². The van der Waals surface area contributed by atoms with Gasteiger partial charge >= 0.3 is 0 Å². The first-order chi connectivity index (χ1) is 13.0. The van der Waals surface area contributed by atoms with Crippen molar-refractivity contribution in [2.75, 3.05) is 5.32 Å². The number of fused-ring (bicyclic) bond motifs is 1. The van der Waals surface area contributed by atoms with E-state index in [1.807, 2.05) is 60.7 Å². The molecule has 0 bridgehead atoms. The van der Waals surface area contributed by atoms with Crippen LogP contribution in [-0.2, 0) is 0 Å². The fraction of sp³-hybridized carbons (Fsp3) is 0. The van der Waals surface area contributed by atoms with E-state index in [-0.39, 0.29) is 5.91 Å².